The third-order valence-electron chi connectivity index (χ3n) is 2.34. The first kappa shape index (κ1) is 11.9. The van der Waals surface area contributed by atoms with Crippen LogP contribution in [0.2, 0.25) is 10.0 Å². The third kappa shape index (κ3) is 2.57. The van der Waals surface area contributed by atoms with Gasteiger partial charge in [-0.25, -0.2) is 4.98 Å². The van der Waals surface area contributed by atoms with Crippen LogP contribution < -0.4 is 0 Å². The predicted molar refractivity (Wildman–Crippen MR) is 70.8 cm³/mol. The van der Waals surface area contributed by atoms with Crippen LogP contribution in [0, 0.1) is 0 Å². The number of nitrogens with zero attached hydrogens (tertiary/aromatic N) is 1. The van der Waals surface area contributed by atoms with E-state index in [1.165, 1.54) is 4.88 Å². The Kier molecular flexibility index (Phi) is 3.85. The van der Waals surface area contributed by atoms with Gasteiger partial charge in [0.15, 0.2) is 0 Å². The summed E-state index contributed by atoms with van der Waals surface area (Å²) in [4.78, 5) is 5.66. The number of aryl methyl sites for hydroxylation is 1. The molecule has 1 nitrogen and oxygen atoms in total. The molecule has 0 unspecified atom stereocenters. The summed E-state index contributed by atoms with van der Waals surface area (Å²) < 4.78 is 0. The quantitative estimate of drug-likeness (QED) is 0.795. The summed E-state index contributed by atoms with van der Waals surface area (Å²) >= 11 is 13.9. The van der Waals surface area contributed by atoms with E-state index >= 15 is 0 Å². The number of benzene rings is 1. The molecule has 0 amide bonds. The minimum Gasteiger partial charge on any atom is -0.249 e. The van der Waals surface area contributed by atoms with Gasteiger partial charge in [-0.1, -0.05) is 36.2 Å². The van der Waals surface area contributed by atoms with Crippen LogP contribution in [0.25, 0.3) is 0 Å². The number of hydrogen-bond acceptors (Lipinski definition) is 2. The van der Waals surface area contributed by atoms with Gasteiger partial charge in [-0.15, -0.1) is 11.3 Å². The highest BCUT2D eigenvalue weighted by Crippen LogP contribution is 2.28. The first-order chi connectivity index (χ1) is 7.70. The lowest BCUT2D eigenvalue weighted by Gasteiger charge is -2.03. The molecule has 0 fully saturated rings. The summed E-state index contributed by atoms with van der Waals surface area (Å²) in [5.74, 6) is 0. The van der Waals surface area contributed by atoms with Crippen molar-refractivity contribution in [3.8, 4) is 0 Å². The molecule has 1 aromatic heterocycles. The van der Waals surface area contributed by atoms with Crippen molar-refractivity contribution in [2.45, 2.75) is 19.8 Å². The Balaban J connectivity index is 2.26. The normalized spacial score (nSPS) is 10.7. The van der Waals surface area contributed by atoms with Crippen molar-refractivity contribution >= 4 is 34.5 Å². The molecule has 16 heavy (non-hydrogen) atoms. The maximum atomic E-state index is 6.11. The minimum absolute atomic E-state index is 0.709. The molecule has 0 N–H and O–H groups in total. The molecule has 84 valence electrons. The van der Waals surface area contributed by atoms with Crippen LogP contribution in [0.3, 0.4) is 0 Å². The lowest BCUT2D eigenvalue weighted by molar-refractivity contribution is 1.12. The van der Waals surface area contributed by atoms with Gasteiger partial charge in [-0.2, -0.15) is 0 Å². The van der Waals surface area contributed by atoms with Crippen LogP contribution in [0.15, 0.2) is 24.4 Å². The Labute approximate surface area is 109 Å². The van der Waals surface area contributed by atoms with E-state index in [1.807, 2.05) is 24.4 Å². The second-order valence-corrected chi connectivity index (χ2v) is 5.47. The van der Waals surface area contributed by atoms with Gasteiger partial charge in [-0.3, -0.25) is 0 Å². The van der Waals surface area contributed by atoms with E-state index in [9.17, 15) is 0 Å². The Morgan fingerprint density at radius 1 is 1.25 bits per heavy atom. The van der Waals surface area contributed by atoms with Gasteiger partial charge in [0.05, 0.1) is 5.01 Å². The molecule has 0 aliphatic heterocycles. The molecule has 0 radical (unpaired) electrons. The molecule has 1 heterocycles. The number of thiazole rings is 1. The zero-order valence-electron chi connectivity index (χ0n) is 8.84. The van der Waals surface area contributed by atoms with Crippen LogP contribution in [-0.2, 0) is 12.8 Å². The summed E-state index contributed by atoms with van der Waals surface area (Å²) in [5.41, 5.74) is 0.961. The minimum atomic E-state index is 0.709. The Morgan fingerprint density at radius 3 is 2.50 bits per heavy atom. The highest BCUT2D eigenvalue weighted by molar-refractivity contribution is 7.11. The summed E-state index contributed by atoms with van der Waals surface area (Å²) in [6, 6.07) is 5.57. The van der Waals surface area contributed by atoms with Crippen molar-refractivity contribution in [3.63, 3.8) is 0 Å². The molecule has 0 saturated heterocycles. The van der Waals surface area contributed by atoms with E-state index < -0.39 is 0 Å². The van der Waals surface area contributed by atoms with Crippen LogP contribution in [0.5, 0.6) is 0 Å². The monoisotopic (exact) mass is 271 g/mol. The lowest BCUT2D eigenvalue weighted by Crippen LogP contribution is -1.89. The van der Waals surface area contributed by atoms with Gasteiger partial charge < -0.3 is 0 Å². The number of hydrogen-bond donors (Lipinski definition) is 0. The van der Waals surface area contributed by atoms with Gasteiger partial charge in [-0.05, 0) is 24.1 Å². The maximum Gasteiger partial charge on any atom is 0.0972 e. The van der Waals surface area contributed by atoms with Crippen molar-refractivity contribution in [1.29, 1.82) is 0 Å². The van der Waals surface area contributed by atoms with Gasteiger partial charge in [0.1, 0.15) is 0 Å². The predicted octanol–water partition coefficient (Wildman–Crippen LogP) is 4.60. The molecule has 0 spiro atoms. The standard InChI is InChI=1S/C12H11Cl2NS/c1-2-8-7-15-12(16-8)6-9-10(13)4-3-5-11(9)14/h3-5,7H,2,6H2,1H3. The van der Waals surface area contributed by atoms with E-state index in [0.29, 0.717) is 16.5 Å². The molecule has 4 heteroatoms. The molecule has 2 aromatic rings. The summed E-state index contributed by atoms with van der Waals surface area (Å²) in [6.45, 7) is 2.12. The van der Waals surface area contributed by atoms with Gasteiger partial charge >= 0.3 is 0 Å². The molecule has 0 atom stereocenters. The van der Waals surface area contributed by atoms with E-state index in [1.54, 1.807) is 11.3 Å². The average molecular weight is 272 g/mol. The number of rotatable bonds is 3. The first-order valence-corrected chi connectivity index (χ1v) is 6.64. The van der Waals surface area contributed by atoms with Crippen molar-refractivity contribution in [2.75, 3.05) is 0 Å². The molecule has 0 bridgehead atoms. The molecular weight excluding hydrogens is 261 g/mol. The Morgan fingerprint density at radius 2 is 1.94 bits per heavy atom. The van der Waals surface area contributed by atoms with E-state index in [2.05, 4.69) is 11.9 Å². The molecular formula is C12H11Cl2NS. The van der Waals surface area contributed by atoms with Crippen molar-refractivity contribution in [2.24, 2.45) is 0 Å². The van der Waals surface area contributed by atoms with E-state index in [4.69, 9.17) is 23.2 Å². The number of halogens is 2. The van der Waals surface area contributed by atoms with Crippen molar-refractivity contribution in [1.82, 2.24) is 4.98 Å². The fourth-order valence-electron chi connectivity index (χ4n) is 1.45. The Hall–Kier alpha value is -0.570. The molecule has 1 aromatic carbocycles. The van der Waals surface area contributed by atoms with Crippen LogP contribution in [0.1, 0.15) is 22.4 Å². The molecule has 0 aliphatic carbocycles. The average Bonchev–Trinajstić information content (AvgIpc) is 2.71. The second-order valence-electron chi connectivity index (χ2n) is 3.45. The summed E-state index contributed by atoms with van der Waals surface area (Å²) in [5, 5.41) is 2.48. The second kappa shape index (κ2) is 5.17. The van der Waals surface area contributed by atoms with Gasteiger partial charge in [0.25, 0.3) is 0 Å². The number of aromatic nitrogens is 1. The summed E-state index contributed by atoms with van der Waals surface area (Å²) in [7, 11) is 0. The van der Waals surface area contributed by atoms with Crippen LogP contribution in [0.4, 0.5) is 0 Å². The maximum absolute atomic E-state index is 6.11. The highest BCUT2D eigenvalue weighted by Gasteiger charge is 2.08. The highest BCUT2D eigenvalue weighted by atomic mass is 35.5. The lowest BCUT2D eigenvalue weighted by atomic mass is 10.1. The fraction of sp³-hybridized carbons (Fsp3) is 0.250. The third-order valence-corrected chi connectivity index (χ3v) is 4.19. The largest absolute Gasteiger partial charge is 0.249 e. The molecule has 2 rings (SSSR count). The smallest absolute Gasteiger partial charge is 0.0972 e. The Bertz CT molecular complexity index is 473. The van der Waals surface area contributed by atoms with E-state index in [-0.39, 0.29) is 0 Å². The SMILES string of the molecule is CCc1cnc(Cc2c(Cl)cccc2Cl)s1. The van der Waals surface area contributed by atoms with Crippen LogP contribution >= 0.6 is 34.5 Å². The fourth-order valence-corrected chi connectivity index (χ4v) is 2.85. The van der Waals surface area contributed by atoms with Crippen molar-refractivity contribution in [3.05, 3.63) is 49.9 Å². The van der Waals surface area contributed by atoms with E-state index in [0.717, 1.165) is 17.0 Å². The zero-order chi connectivity index (χ0) is 11.5. The zero-order valence-corrected chi connectivity index (χ0v) is 11.2. The van der Waals surface area contributed by atoms with Crippen molar-refractivity contribution < 1.29 is 0 Å². The molecule has 0 aliphatic rings. The summed E-state index contributed by atoms with van der Waals surface area (Å²) in [6.07, 6.45) is 3.65. The van der Waals surface area contributed by atoms with Crippen LogP contribution in [-0.4, -0.2) is 4.98 Å². The van der Waals surface area contributed by atoms with Gasteiger partial charge in [0, 0.05) is 27.5 Å². The van der Waals surface area contributed by atoms with Gasteiger partial charge in [0.2, 0.25) is 0 Å². The topological polar surface area (TPSA) is 12.9 Å². The molecule has 0 saturated carbocycles. The first-order valence-electron chi connectivity index (χ1n) is 5.07.